The molecule has 0 bridgehead atoms. The molecule has 0 saturated carbocycles. The van der Waals surface area contributed by atoms with Crippen molar-refractivity contribution in [3.05, 3.63) is 91.0 Å². The van der Waals surface area contributed by atoms with E-state index >= 15 is 0 Å². The van der Waals surface area contributed by atoms with Crippen LogP contribution in [0.1, 0.15) is 0 Å². The first-order chi connectivity index (χ1) is 13.5. The maximum atomic E-state index is 9.57. The number of hydrogen-bond donors (Lipinski definition) is 2. The van der Waals surface area contributed by atoms with Gasteiger partial charge in [0.1, 0.15) is 23.2 Å². The Kier molecular flexibility index (Phi) is 8.16. The van der Waals surface area contributed by atoms with Crippen LogP contribution < -0.4 is 19.7 Å². The van der Waals surface area contributed by atoms with Crippen molar-refractivity contribution in [1.29, 1.82) is 0 Å². The summed E-state index contributed by atoms with van der Waals surface area (Å²) in [5, 5.41) is 4.28. The number of rotatable bonds is 5. The Morgan fingerprint density at radius 3 is 1.21 bits per heavy atom. The number of hydrogen-bond acceptors (Lipinski definition) is 5. The zero-order valence-electron chi connectivity index (χ0n) is 15.4. The maximum absolute atomic E-state index is 9.57. The Bertz CT molecular complexity index is 957. The predicted molar refractivity (Wildman–Crippen MR) is 106 cm³/mol. The monoisotopic (exact) mass is 520 g/mol. The fourth-order valence-corrected chi connectivity index (χ4v) is 7.94. The molecule has 0 fully saturated rings. The van der Waals surface area contributed by atoms with Gasteiger partial charge in [0.25, 0.3) is 0 Å². The molecule has 29 heavy (non-hydrogen) atoms. The van der Waals surface area contributed by atoms with Crippen molar-refractivity contribution < 1.29 is 44.8 Å². The summed E-state index contributed by atoms with van der Waals surface area (Å²) in [4.78, 5) is 15.4. The van der Waals surface area contributed by atoms with Crippen molar-refractivity contribution in [3.8, 4) is 0 Å². The fraction of sp³-hybridized carbons (Fsp3) is 0.0526. The van der Waals surface area contributed by atoms with E-state index in [4.69, 9.17) is 9.79 Å². The first kappa shape index (κ1) is 23.7. The third kappa shape index (κ3) is 7.33. The molecule has 0 radical (unpaired) electrons. The second-order valence-electron chi connectivity index (χ2n) is 5.99. The van der Waals surface area contributed by atoms with E-state index in [0.717, 1.165) is 0 Å². The van der Waals surface area contributed by atoms with Gasteiger partial charge in [0.2, 0.25) is 0 Å². The minimum atomic E-state index is -6.28. The SMILES string of the molecule is C[P+](c1ccccc1)(c1ccccc1)c1ccccc1.O=P(O)(O)[O][Mo](=[O])(=[O])[O-]. The van der Waals surface area contributed by atoms with E-state index < -0.39 is 31.8 Å². The normalized spacial score (nSPS) is 12.0. The third-order valence-corrected chi connectivity index (χ3v) is 11.2. The molecule has 0 spiro atoms. The van der Waals surface area contributed by atoms with Crippen LogP contribution in [0.5, 0.6) is 0 Å². The van der Waals surface area contributed by atoms with Crippen LogP contribution >= 0.6 is 15.1 Å². The Labute approximate surface area is 173 Å². The summed E-state index contributed by atoms with van der Waals surface area (Å²) in [6.45, 7) is 2.41. The topological polar surface area (TPSA) is 124 Å². The van der Waals surface area contributed by atoms with Gasteiger partial charge in [-0.25, -0.2) is 0 Å². The Morgan fingerprint density at radius 2 is 1.03 bits per heavy atom. The van der Waals surface area contributed by atoms with Crippen molar-refractivity contribution in [2.45, 2.75) is 0 Å². The van der Waals surface area contributed by atoms with Crippen LogP contribution in [0.15, 0.2) is 91.0 Å². The van der Waals surface area contributed by atoms with E-state index in [1.165, 1.54) is 15.9 Å². The van der Waals surface area contributed by atoms with E-state index in [0.29, 0.717) is 0 Å². The zero-order chi connectivity index (χ0) is 21.5. The van der Waals surface area contributed by atoms with Crippen LogP contribution in [-0.2, 0) is 31.3 Å². The Hall–Kier alpha value is -1.55. The molecule has 7 nitrogen and oxygen atoms in total. The average Bonchev–Trinajstić information content (AvgIpc) is 2.67. The molecule has 3 aromatic rings. The van der Waals surface area contributed by atoms with Gasteiger partial charge in [0.15, 0.2) is 0 Å². The van der Waals surface area contributed by atoms with Crippen molar-refractivity contribution >= 4 is 31.0 Å². The molecular weight excluding hydrogens is 498 g/mol. The standard InChI is InChI=1S/C19H18P.Mo.H3O4P.3O/c1-20(17-11-5-2-6-12-17,18-13-7-3-8-14-18)19-15-9-4-10-16-19;;1-5(2,3)4;;;/h2-16H,1H3;;(H3,1,2,3,4);;;/q2*+1;;;;-1/p-1. The van der Waals surface area contributed by atoms with Crippen LogP contribution in [0.3, 0.4) is 0 Å². The van der Waals surface area contributed by atoms with E-state index in [1.807, 2.05) is 0 Å². The number of benzene rings is 3. The van der Waals surface area contributed by atoms with Gasteiger partial charge >= 0.3 is 52.7 Å². The molecule has 0 saturated heterocycles. The Balaban J connectivity index is 0.000000284. The van der Waals surface area contributed by atoms with Crippen molar-refractivity contribution in [2.75, 3.05) is 6.66 Å². The molecule has 10 heteroatoms. The van der Waals surface area contributed by atoms with Gasteiger partial charge in [0, 0.05) is 0 Å². The van der Waals surface area contributed by atoms with Crippen LogP contribution in [-0.4, -0.2) is 16.5 Å². The van der Waals surface area contributed by atoms with Crippen molar-refractivity contribution in [2.24, 2.45) is 0 Å². The van der Waals surface area contributed by atoms with Gasteiger partial charge in [-0.05, 0) is 36.4 Å². The first-order valence-corrected chi connectivity index (χ1v) is 15.3. The quantitative estimate of drug-likeness (QED) is 0.390. The van der Waals surface area contributed by atoms with Gasteiger partial charge < -0.3 is 0 Å². The van der Waals surface area contributed by atoms with E-state index in [1.54, 1.807) is 0 Å². The summed E-state index contributed by atoms with van der Waals surface area (Å²) in [5.74, 6) is 0. The molecule has 0 aromatic heterocycles. The second kappa shape index (κ2) is 9.97. The van der Waals surface area contributed by atoms with Gasteiger partial charge in [0.05, 0.1) is 6.66 Å². The summed E-state index contributed by atoms with van der Waals surface area (Å²) in [5.41, 5.74) is 0. The predicted octanol–water partition coefficient (Wildman–Crippen LogP) is 1.74. The molecule has 0 unspecified atom stereocenters. The van der Waals surface area contributed by atoms with Crippen LogP contribution in [0.25, 0.3) is 0 Å². The molecule has 154 valence electrons. The van der Waals surface area contributed by atoms with Gasteiger partial charge in [-0.1, -0.05) is 54.6 Å². The Morgan fingerprint density at radius 1 is 0.759 bits per heavy atom. The molecule has 0 amide bonds. The van der Waals surface area contributed by atoms with E-state index in [2.05, 4.69) is 101 Å². The molecule has 3 rings (SSSR count). The average molecular weight is 518 g/mol. The van der Waals surface area contributed by atoms with Crippen molar-refractivity contribution in [3.63, 3.8) is 0 Å². The first-order valence-electron chi connectivity index (χ1n) is 8.28. The summed E-state index contributed by atoms with van der Waals surface area (Å²) < 4.78 is 40.8. The van der Waals surface area contributed by atoms with Gasteiger partial charge in [-0.3, -0.25) is 0 Å². The van der Waals surface area contributed by atoms with E-state index in [9.17, 15) is 15.1 Å². The molecular formula is C19H20MoO7P2. The summed E-state index contributed by atoms with van der Waals surface area (Å²) in [7, 11) is -6.67. The van der Waals surface area contributed by atoms with Crippen molar-refractivity contribution in [1.82, 2.24) is 0 Å². The molecule has 0 aliphatic rings. The molecule has 0 atom stereocenters. The summed E-state index contributed by atoms with van der Waals surface area (Å²) in [6, 6.07) is 32.6. The minimum absolute atomic E-state index is 1.43. The molecule has 0 heterocycles. The van der Waals surface area contributed by atoms with Crippen LogP contribution in [0.4, 0.5) is 0 Å². The third-order valence-electron chi connectivity index (χ3n) is 4.01. The summed E-state index contributed by atoms with van der Waals surface area (Å²) in [6.07, 6.45) is 0. The molecule has 0 aliphatic carbocycles. The molecule has 0 aliphatic heterocycles. The molecule has 2 N–H and O–H groups in total. The summed E-state index contributed by atoms with van der Waals surface area (Å²) >= 11 is -6.28. The van der Waals surface area contributed by atoms with Crippen LogP contribution in [0.2, 0.25) is 0 Å². The zero-order valence-corrected chi connectivity index (χ0v) is 19.2. The molecule has 3 aromatic carbocycles. The second-order valence-corrected chi connectivity index (χ2v) is 13.8. The van der Waals surface area contributed by atoms with Crippen LogP contribution in [0, 0.1) is 0 Å². The fourth-order valence-electron chi connectivity index (χ4n) is 2.74. The van der Waals surface area contributed by atoms with Gasteiger partial charge in [-0.15, -0.1) is 0 Å². The van der Waals surface area contributed by atoms with Gasteiger partial charge in [-0.2, -0.15) is 0 Å². The van der Waals surface area contributed by atoms with E-state index in [-0.39, 0.29) is 0 Å². The number of phosphoric acid groups is 1.